The third-order valence-corrected chi connectivity index (χ3v) is 3.45. The molecule has 0 bridgehead atoms. The summed E-state index contributed by atoms with van der Waals surface area (Å²) in [4.78, 5) is 0. The predicted molar refractivity (Wildman–Crippen MR) is 98.1 cm³/mol. The van der Waals surface area contributed by atoms with Crippen molar-refractivity contribution in [3.63, 3.8) is 0 Å². The Hall–Kier alpha value is -2.32. The first-order valence-electron chi connectivity index (χ1n) is 7.95. The van der Waals surface area contributed by atoms with Crippen LogP contribution in [0.5, 0.6) is 5.75 Å². The second-order valence-electron chi connectivity index (χ2n) is 5.34. The van der Waals surface area contributed by atoms with Crippen LogP contribution in [0.2, 0.25) is 0 Å². The van der Waals surface area contributed by atoms with E-state index >= 15 is 0 Å². The highest BCUT2D eigenvalue weighted by Gasteiger charge is 2.30. The second-order valence-corrected chi connectivity index (χ2v) is 5.75. The maximum atomic E-state index is 12.1. The topological polar surface area (TPSA) is 42.5 Å². The van der Waals surface area contributed by atoms with Crippen LogP contribution in [0, 0.1) is 0 Å². The fourth-order valence-corrected chi connectivity index (χ4v) is 2.28. The van der Waals surface area contributed by atoms with Gasteiger partial charge in [0, 0.05) is 18.8 Å². The number of ether oxygens (including phenoxy) is 2. The van der Waals surface area contributed by atoms with E-state index in [4.69, 9.17) is 17.0 Å². The molecule has 0 saturated carbocycles. The zero-order valence-corrected chi connectivity index (χ0v) is 14.7. The molecule has 26 heavy (non-hydrogen) atoms. The van der Waals surface area contributed by atoms with Gasteiger partial charge in [-0.05, 0) is 48.5 Å². The Bertz CT molecular complexity index is 679. The number of hydrogen-bond acceptors (Lipinski definition) is 3. The molecule has 0 radical (unpaired) electrons. The number of halogens is 3. The monoisotopic (exact) mass is 384 g/mol. The van der Waals surface area contributed by atoms with Crippen LogP contribution in [-0.4, -0.2) is 24.6 Å². The van der Waals surface area contributed by atoms with Gasteiger partial charge >= 0.3 is 6.36 Å². The van der Waals surface area contributed by atoms with Crippen LogP contribution in [0.25, 0.3) is 0 Å². The number of benzene rings is 2. The fraction of sp³-hybridized carbons (Fsp3) is 0.278. The minimum Gasteiger partial charge on any atom is -0.406 e. The molecule has 2 rings (SSSR count). The summed E-state index contributed by atoms with van der Waals surface area (Å²) in [7, 11) is 0. The summed E-state index contributed by atoms with van der Waals surface area (Å²) in [5.74, 6) is -0.280. The largest absolute Gasteiger partial charge is 0.573 e. The molecule has 0 aromatic heterocycles. The Labute approximate surface area is 155 Å². The molecule has 0 amide bonds. The van der Waals surface area contributed by atoms with Gasteiger partial charge in [0.05, 0.1) is 6.61 Å². The van der Waals surface area contributed by atoms with Crippen molar-refractivity contribution in [2.45, 2.75) is 19.4 Å². The summed E-state index contributed by atoms with van der Waals surface area (Å²) in [6.07, 6.45) is -3.93. The van der Waals surface area contributed by atoms with E-state index in [-0.39, 0.29) is 5.75 Å². The zero-order chi connectivity index (χ0) is 18.8. The molecule has 0 aliphatic carbocycles. The summed E-state index contributed by atoms with van der Waals surface area (Å²) < 4.78 is 45.7. The first-order valence-corrected chi connectivity index (χ1v) is 8.35. The van der Waals surface area contributed by atoms with Crippen molar-refractivity contribution in [1.82, 2.24) is 5.32 Å². The van der Waals surface area contributed by atoms with Gasteiger partial charge in [0.15, 0.2) is 5.11 Å². The quantitative estimate of drug-likeness (QED) is 0.519. The molecule has 0 atom stereocenters. The van der Waals surface area contributed by atoms with Crippen molar-refractivity contribution >= 4 is 23.0 Å². The molecule has 0 fully saturated rings. The summed E-state index contributed by atoms with van der Waals surface area (Å²) in [6, 6.07) is 15.2. The van der Waals surface area contributed by atoms with Gasteiger partial charge in [-0.2, -0.15) is 0 Å². The highest BCUT2D eigenvalue weighted by atomic mass is 32.1. The van der Waals surface area contributed by atoms with Gasteiger partial charge < -0.3 is 20.1 Å². The first kappa shape index (κ1) is 20.0. The van der Waals surface area contributed by atoms with Crippen LogP contribution < -0.4 is 15.4 Å². The van der Waals surface area contributed by atoms with E-state index in [2.05, 4.69) is 15.4 Å². The maximum absolute atomic E-state index is 12.1. The fourth-order valence-electron chi connectivity index (χ4n) is 2.06. The highest BCUT2D eigenvalue weighted by molar-refractivity contribution is 7.80. The molecular formula is C18H19F3N2O2S. The SMILES string of the molecule is FC(F)(F)Oc1ccc(NC(=S)NCCCOCc2ccccc2)cc1. The van der Waals surface area contributed by atoms with Crippen LogP contribution in [-0.2, 0) is 11.3 Å². The average Bonchev–Trinajstić information content (AvgIpc) is 2.59. The Morgan fingerprint density at radius 2 is 1.69 bits per heavy atom. The molecule has 4 nitrogen and oxygen atoms in total. The van der Waals surface area contributed by atoms with E-state index in [1.165, 1.54) is 24.3 Å². The molecule has 0 heterocycles. The van der Waals surface area contributed by atoms with Gasteiger partial charge in [-0.25, -0.2) is 0 Å². The van der Waals surface area contributed by atoms with Crippen molar-refractivity contribution in [3.05, 3.63) is 60.2 Å². The molecule has 140 valence electrons. The van der Waals surface area contributed by atoms with Crippen molar-refractivity contribution in [2.24, 2.45) is 0 Å². The molecule has 0 aliphatic heterocycles. The van der Waals surface area contributed by atoms with Gasteiger partial charge in [0.2, 0.25) is 0 Å². The molecule has 0 unspecified atom stereocenters. The number of thiocarbonyl (C=S) groups is 1. The molecule has 2 aromatic rings. The molecule has 8 heteroatoms. The lowest BCUT2D eigenvalue weighted by Gasteiger charge is -2.12. The lowest BCUT2D eigenvalue weighted by Crippen LogP contribution is -2.29. The molecule has 0 aliphatic rings. The van der Waals surface area contributed by atoms with Gasteiger partial charge in [-0.15, -0.1) is 13.2 Å². The number of nitrogens with one attached hydrogen (secondary N) is 2. The van der Waals surface area contributed by atoms with Crippen LogP contribution in [0.4, 0.5) is 18.9 Å². The molecule has 2 N–H and O–H groups in total. The predicted octanol–water partition coefficient (Wildman–Crippen LogP) is 4.48. The standard InChI is InChI=1S/C18H19F3N2O2S/c19-18(20,21)25-16-9-7-15(8-10-16)23-17(26)22-11-4-12-24-13-14-5-2-1-3-6-14/h1-3,5-10H,4,11-13H2,(H2,22,23,26). The number of alkyl halides is 3. The summed E-state index contributed by atoms with van der Waals surface area (Å²) >= 11 is 5.14. The van der Waals surface area contributed by atoms with Crippen molar-refractivity contribution in [3.8, 4) is 5.75 Å². The number of rotatable bonds is 8. The van der Waals surface area contributed by atoms with E-state index in [1.54, 1.807) is 0 Å². The number of hydrogen-bond donors (Lipinski definition) is 2. The Kier molecular flexibility index (Phi) is 7.68. The van der Waals surface area contributed by atoms with E-state index in [0.717, 1.165) is 12.0 Å². The minimum atomic E-state index is -4.70. The minimum absolute atomic E-state index is 0.280. The Morgan fingerprint density at radius 3 is 2.35 bits per heavy atom. The van der Waals surface area contributed by atoms with Crippen LogP contribution in [0.1, 0.15) is 12.0 Å². The van der Waals surface area contributed by atoms with Gasteiger partial charge in [0.25, 0.3) is 0 Å². The molecule has 2 aromatic carbocycles. The van der Waals surface area contributed by atoms with Gasteiger partial charge in [-0.1, -0.05) is 30.3 Å². The molecular weight excluding hydrogens is 365 g/mol. The summed E-state index contributed by atoms with van der Waals surface area (Å²) in [5, 5.41) is 6.29. The van der Waals surface area contributed by atoms with Gasteiger partial charge in [0.1, 0.15) is 5.75 Å². The zero-order valence-electron chi connectivity index (χ0n) is 13.9. The van der Waals surface area contributed by atoms with E-state index in [1.807, 2.05) is 30.3 Å². The van der Waals surface area contributed by atoms with Crippen LogP contribution in [0.15, 0.2) is 54.6 Å². The second kappa shape index (κ2) is 9.98. The Balaban J connectivity index is 1.60. The average molecular weight is 384 g/mol. The van der Waals surface area contributed by atoms with E-state index in [9.17, 15) is 13.2 Å². The first-order chi connectivity index (χ1) is 12.4. The normalized spacial score (nSPS) is 11.0. The maximum Gasteiger partial charge on any atom is 0.573 e. The van der Waals surface area contributed by atoms with Crippen molar-refractivity contribution in [1.29, 1.82) is 0 Å². The lowest BCUT2D eigenvalue weighted by molar-refractivity contribution is -0.274. The van der Waals surface area contributed by atoms with Gasteiger partial charge in [-0.3, -0.25) is 0 Å². The third-order valence-electron chi connectivity index (χ3n) is 3.21. The number of anilines is 1. The highest BCUT2D eigenvalue weighted by Crippen LogP contribution is 2.23. The van der Waals surface area contributed by atoms with Crippen LogP contribution in [0.3, 0.4) is 0 Å². The van der Waals surface area contributed by atoms with E-state index < -0.39 is 6.36 Å². The smallest absolute Gasteiger partial charge is 0.406 e. The van der Waals surface area contributed by atoms with Crippen molar-refractivity contribution < 1.29 is 22.6 Å². The molecule has 0 saturated heterocycles. The lowest BCUT2D eigenvalue weighted by atomic mass is 10.2. The summed E-state index contributed by atoms with van der Waals surface area (Å²) in [5.41, 5.74) is 1.69. The van der Waals surface area contributed by atoms with E-state index in [0.29, 0.717) is 30.6 Å². The van der Waals surface area contributed by atoms with Crippen molar-refractivity contribution in [2.75, 3.05) is 18.5 Å². The Morgan fingerprint density at radius 1 is 1.00 bits per heavy atom. The summed E-state index contributed by atoms with van der Waals surface area (Å²) in [6.45, 7) is 1.78. The van der Waals surface area contributed by atoms with Crippen LogP contribution >= 0.6 is 12.2 Å². The third kappa shape index (κ3) is 8.17. The molecule has 0 spiro atoms.